The summed E-state index contributed by atoms with van der Waals surface area (Å²) in [4.78, 5) is 0. The molecule has 0 aliphatic heterocycles. The molecule has 0 unspecified atom stereocenters. The van der Waals surface area contributed by atoms with Crippen molar-refractivity contribution in [1.82, 2.24) is 4.57 Å². The van der Waals surface area contributed by atoms with E-state index in [4.69, 9.17) is 0 Å². The molecule has 10 heavy (non-hydrogen) atoms. The summed E-state index contributed by atoms with van der Waals surface area (Å²) < 4.78 is 2.31. The maximum absolute atomic E-state index is 2.31. The van der Waals surface area contributed by atoms with Crippen molar-refractivity contribution in [2.45, 2.75) is 13.5 Å². The summed E-state index contributed by atoms with van der Waals surface area (Å²) in [5.41, 5.74) is 1.50. The van der Waals surface area contributed by atoms with Crippen molar-refractivity contribution in [1.29, 1.82) is 0 Å². The molecule has 0 aromatic carbocycles. The van der Waals surface area contributed by atoms with E-state index in [-0.39, 0.29) is 7.92 Å². The lowest BCUT2D eigenvalue weighted by molar-refractivity contribution is 0.790. The lowest BCUT2D eigenvalue weighted by Crippen LogP contribution is -2.11. The van der Waals surface area contributed by atoms with Gasteiger partial charge in [0, 0.05) is 18.2 Å². The number of aromatic nitrogens is 1. The van der Waals surface area contributed by atoms with E-state index in [9.17, 15) is 0 Å². The smallest absolute Gasteiger partial charge is 0.0404 e. The molecule has 0 saturated carbocycles. The van der Waals surface area contributed by atoms with Crippen LogP contribution in [0.2, 0.25) is 0 Å². The van der Waals surface area contributed by atoms with Crippen LogP contribution in [0, 0.1) is 0 Å². The molecule has 1 nitrogen and oxygen atoms in total. The molecule has 1 rings (SSSR count). The van der Waals surface area contributed by atoms with Crippen molar-refractivity contribution in [2.24, 2.45) is 0 Å². The predicted molar refractivity (Wildman–Crippen MR) is 48.5 cm³/mol. The molecule has 0 atom stereocenters. The van der Waals surface area contributed by atoms with E-state index >= 15 is 0 Å². The summed E-state index contributed by atoms with van der Waals surface area (Å²) >= 11 is 0. The van der Waals surface area contributed by atoms with Crippen LogP contribution in [0.15, 0.2) is 18.3 Å². The van der Waals surface area contributed by atoms with E-state index < -0.39 is 0 Å². The normalized spacial score (nSPS) is 10.8. The van der Waals surface area contributed by atoms with Gasteiger partial charge in [-0.25, -0.2) is 0 Å². The van der Waals surface area contributed by atoms with Crippen LogP contribution in [0.3, 0.4) is 0 Å². The fraction of sp³-hybridized carbons (Fsp3) is 0.500. The van der Waals surface area contributed by atoms with Crippen LogP contribution in [0.5, 0.6) is 0 Å². The van der Waals surface area contributed by atoms with Crippen molar-refractivity contribution in [2.75, 3.05) is 13.3 Å². The molecule has 56 valence electrons. The quantitative estimate of drug-likeness (QED) is 0.574. The van der Waals surface area contributed by atoms with Crippen molar-refractivity contribution in [3.05, 3.63) is 18.3 Å². The third kappa shape index (κ3) is 1.41. The fourth-order valence-electron chi connectivity index (χ4n) is 1.08. The number of nitrogens with zero attached hydrogens (tertiary/aromatic N) is 1. The van der Waals surface area contributed by atoms with Gasteiger partial charge in [-0.2, -0.15) is 0 Å². The molecule has 0 radical (unpaired) electrons. The summed E-state index contributed by atoms with van der Waals surface area (Å²) in [5, 5.41) is 0. The van der Waals surface area contributed by atoms with Crippen molar-refractivity contribution >= 4 is 13.4 Å². The SMILES string of the molecule is CCn1cccc1P(C)C. The zero-order valence-electron chi connectivity index (χ0n) is 6.83. The Hall–Kier alpha value is -0.290. The summed E-state index contributed by atoms with van der Waals surface area (Å²) in [6, 6.07) is 4.34. The maximum Gasteiger partial charge on any atom is 0.0404 e. The van der Waals surface area contributed by atoms with E-state index in [1.165, 1.54) is 5.44 Å². The zero-order chi connectivity index (χ0) is 7.56. The molecule has 0 bridgehead atoms. The first-order chi connectivity index (χ1) is 4.75. The third-order valence-electron chi connectivity index (χ3n) is 1.60. The van der Waals surface area contributed by atoms with Crippen LogP contribution >= 0.6 is 7.92 Å². The van der Waals surface area contributed by atoms with Crippen LogP contribution in [-0.4, -0.2) is 17.9 Å². The van der Waals surface area contributed by atoms with Gasteiger partial charge in [0.1, 0.15) is 0 Å². The minimum atomic E-state index is 0.0778. The highest BCUT2D eigenvalue weighted by atomic mass is 31.1. The third-order valence-corrected chi connectivity index (χ3v) is 2.93. The molecule has 0 aliphatic rings. The van der Waals surface area contributed by atoms with E-state index in [1.54, 1.807) is 0 Å². The van der Waals surface area contributed by atoms with Gasteiger partial charge in [0.2, 0.25) is 0 Å². The zero-order valence-corrected chi connectivity index (χ0v) is 7.73. The molecule has 1 heterocycles. The number of hydrogen-bond acceptors (Lipinski definition) is 0. The van der Waals surface area contributed by atoms with Crippen molar-refractivity contribution in [3.63, 3.8) is 0 Å². The second kappa shape index (κ2) is 3.21. The molecule has 0 aliphatic carbocycles. The van der Waals surface area contributed by atoms with Crippen LogP contribution in [0.1, 0.15) is 6.92 Å². The fourth-order valence-corrected chi connectivity index (χ4v) is 2.18. The molecular weight excluding hydrogens is 141 g/mol. The maximum atomic E-state index is 2.31. The standard InChI is InChI=1S/C8H14NP/c1-4-9-7-5-6-8(9)10(2)3/h5-7H,4H2,1-3H3. The summed E-state index contributed by atoms with van der Waals surface area (Å²) in [7, 11) is 0.0778. The first kappa shape index (κ1) is 7.81. The molecule has 0 saturated heterocycles. The van der Waals surface area contributed by atoms with Gasteiger partial charge in [0.15, 0.2) is 0 Å². The molecule has 0 spiro atoms. The van der Waals surface area contributed by atoms with E-state index in [0.717, 1.165) is 6.54 Å². The monoisotopic (exact) mass is 155 g/mol. The van der Waals surface area contributed by atoms with Gasteiger partial charge < -0.3 is 4.57 Å². The summed E-state index contributed by atoms with van der Waals surface area (Å²) in [6.07, 6.45) is 2.15. The Morgan fingerprint density at radius 1 is 1.50 bits per heavy atom. The van der Waals surface area contributed by atoms with Crippen LogP contribution in [0.25, 0.3) is 0 Å². The van der Waals surface area contributed by atoms with E-state index in [0.29, 0.717) is 0 Å². The van der Waals surface area contributed by atoms with Gasteiger partial charge in [-0.1, -0.05) is 7.92 Å². The average molecular weight is 155 g/mol. The Bertz CT molecular complexity index is 203. The van der Waals surface area contributed by atoms with Crippen LogP contribution in [0.4, 0.5) is 0 Å². The Kier molecular flexibility index (Phi) is 2.50. The Labute approximate surface area is 63.8 Å². The largest absolute Gasteiger partial charge is 0.348 e. The number of rotatable bonds is 2. The molecule has 1 aromatic rings. The Morgan fingerprint density at radius 3 is 2.60 bits per heavy atom. The van der Waals surface area contributed by atoms with Gasteiger partial charge in [0.25, 0.3) is 0 Å². The second-order valence-corrected chi connectivity index (χ2v) is 4.79. The number of aryl methyl sites for hydroxylation is 1. The minimum Gasteiger partial charge on any atom is -0.348 e. The summed E-state index contributed by atoms with van der Waals surface area (Å²) in [6.45, 7) is 7.86. The molecule has 1 aromatic heterocycles. The van der Waals surface area contributed by atoms with Gasteiger partial charge in [0.05, 0.1) is 0 Å². The van der Waals surface area contributed by atoms with Gasteiger partial charge in [-0.05, 0) is 32.4 Å². The van der Waals surface area contributed by atoms with Crippen molar-refractivity contribution < 1.29 is 0 Å². The highest BCUT2D eigenvalue weighted by molar-refractivity contribution is 7.63. The first-order valence-electron chi connectivity index (χ1n) is 3.58. The number of hydrogen-bond donors (Lipinski definition) is 0. The highest BCUT2D eigenvalue weighted by Crippen LogP contribution is 2.22. The Morgan fingerprint density at radius 2 is 2.20 bits per heavy atom. The lowest BCUT2D eigenvalue weighted by Gasteiger charge is -2.08. The van der Waals surface area contributed by atoms with Gasteiger partial charge in [-0.3, -0.25) is 0 Å². The van der Waals surface area contributed by atoms with Crippen LogP contribution < -0.4 is 5.44 Å². The molecule has 0 N–H and O–H groups in total. The second-order valence-electron chi connectivity index (χ2n) is 2.55. The van der Waals surface area contributed by atoms with Gasteiger partial charge in [-0.15, -0.1) is 0 Å². The summed E-state index contributed by atoms with van der Waals surface area (Å²) in [5.74, 6) is 0. The van der Waals surface area contributed by atoms with E-state index in [2.05, 4.69) is 43.2 Å². The van der Waals surface area contributed by atoms with Crippen LogP contribution in [-0.2, 0) is 6.54 Å². The predicted octanol–water partition coefficient (Wildman–Crippen LogP) is 1.87. The molecular formula is C8H14NP. The van der Waals surface area contributed by atoms with E-state index in [1.807, 2.05) is 0 Å². The molecule has 0 amide bonds. The minimum absolute atomic E-state index is 0.0778. The molecule has 0 fully saturated rings. The van der Waals surface area contributed by atoms with Gasteiger partial charge >= 0.3 is 0 Å². The molecule has 2 heteroatoms. The average Bonchev–Trinajstić information content (AvgIpc) is 2.33. The Balaban J connectivity index is 2.90. The van der Waals surface area contributed by atoms with Crippen molar-refractivity contribution in [3.8, 4) is 0 Å². The first-order valence-corrected chi connectivity index (χ1v) is 5.81. The highest BCUT2D eigenvalue weighted by Gasteiger charge is 2.01. The topological polar surface area (TPSA) is 4.93 Å². The lowest BCUT2D eigenvalue weighted by atomic mass is 10.7.